The second-order valence-electron chi connectivity index (χ2n) is 4.87. The monoisotopic (exact) mass is 319 g/mol. The van der Waals surface area contributed by atoms with Crippen molar-refractivity contribution in [3.8, 4) is 5.75 Å². The third-order valence-corrected chi connectivity index (χ3v) is 4.45. The second kappa shape index (κ2) is 5.34. The molecule has 22 heavy (non-hydrogen) atoms. The number of rotatable bonds is 3. The third kappa shape index (κ3) is 2.89. The highest BCUT2D eigenvalue weighted by Crippen LogP contribution is 2.28. The first kappa shape index (κ1) is 14.4. The number of aryl methyl sites for hydroxylation is 1. The molecule has 1 heterocycles. The van der Waals surface area contributed by atoms with Gasteiger partial charge in [-0.2, -0.15) is 8.42 Å². The Hall–Kier alpha value is -2.54. The molecule has 1 N–H and O–H groups in total. The molecule has 0 saturated carbocycles. The quantitative estimate of drug-likeness (QED) is 0.880. The van der Waals surface area contributed by atoms with E-state index in [1.807, 2.05) is 6.92 Å². The standard InChI is InChI=1S/C15H13NO5S/c1-10-2-5-13(6-3-10)22(18,19)21-12-4-7-14-11(8-12)9-20-15(17)16-14/h2-8H,9H2,1H3,(H,16,17). The van der Waals surface area contributed by atoms with Gasteiger partial charge in [0.05, 0.1) is 5.69 Å². The van der Waals surface area contributed by atoms with Gasteiger partial charge in [0.15, 0.2) is 0 Å². The average molecular weight is 319 g/mol. The number of anilines is 1. The zero-order chi connectivity index (χ0) is 15.7. The van der Waals surface area contributed by atoms with Gasteiger partial charge < -0.3 is 8.92 Å². The number of hydrogen-bond donors (Lipinski definition) is 1. The molecule has 3 rings (SSSR count). The zero-order valence-electron chi connectivity index (χ0n) is 11.7. The normalized spacial score (nSPS) is 13.8. The van der Waals surface area contributed by atoms with Crippen molar-refractivity contribution in [3.63, 3.8) is 0 Å². The van der Waals surface area contributed by atoms with Crippen LogP contribution >= 0.6 is 0 Å². The summed E-state index contributed by atoms with van der Waals surface area (Å²) in [6, 6.07) is 11.0. The number of ether oxygens (including phenoxy) is 1. The van der Waals surface area contributed by atoms with E-state index in [2.05, 4.69) is 5.32 Å². The summed E-state index contributed by atoms with van der Waals surface area (Å²) in [7, 11) is -3.90. The molecule has 2 aromatic carbocycles. The number of carbonyl (C=O) groups excluding carboxylic acids is 1. The maximum Gasteiger partial charge on any atom is 0.411 e. The van der Waals surface area contributed by atoms with Crippen LogP contribution in [-0.4, -0.2) is 14.5 Å². The number of benzene rings is 2. The Morgan fingerprint density at radius 2 is 1.86 bits per heavy atom. The van der Waals surface area contributed by atoms with E-state index in [1.54, 1.807) is 18.2 Å². The predicted molar refractivity (Wildman–Crippen MR) is 79.2 cm³/mol. The topological polar surface area (TPSA) is 81.7 Å². The number of fused-ring (bicyclic) bond motifs is 1. The van der Waals surface area contributed by atoms with E-state index >= 15 is 0 Å². The van der Waals surface area contributed by atoms with E-state index in [1.165, 1.54) is 24.3 Å². The van der Waals surface area contributed by atoms with Gasteiger partial charge in [0.25, 0.3) is 0 Å². The summed E-state index contributed by atoms with van der Waals surface area (Å²) in [5.74, 6) is 0.166. The van der Waals surface area contributed by atoms with Crippen LogP contribution in [0.25, 0.3) is 0 Å². The highest BCUT2D eigenvalue weighted by molar-refractivity contribution is 7.87. The lowest BCUT2D eigenvalue weighted by atomic mass is 10.1. The fourth-order valence-corrected chi connectivity index (χ4v) is 2.96. The molecular formula is C15H13NO5S. The predicted octanol–water partition coefficient (Wildman–Crippen LogP) is 2.82. The Balaban J connectivity index is 1.86. The smallest absolute Gasteiger partial charge is 0.411 e. The molecule has 0 saturated heterocycles. The van der Waals surface area contributed by atoms with Gasteiger partial charge in [-0.05, 0) is 37.3 Å². The van der Waals surface area contributed by atoms with E-state index in [0.29, 0.717) is 11.3 Å². The molecule has 0 spiro atoms. The Morgan fingerprint density at radius 1 is 1.14 bits per heavy atom. The van der Waals surface area contributed by atoms with Gasteiger partial charge in [0, 0.05) is 5.56 Å². The molecule has 0 aromatic heterocycles. The first-order valence-corrected chi connectivity index (χ1v) is 7.93. The van der Waals surface area contributed by atoms with Crippen LogP contribution in [0.5, 0.6) is 5.75 Å². The van der Waals surface area contributed by atoms with E-state index in [-0.39, 0.29) is 17.3 Å². The van der Waals surface area contributed by atoms with E-state index in [9.17, 15) is 13.2 Å². The van der Waals surface area contributed by atoms with Crippen LogP contribution in [-0.2, 0) is 21.5 Å². The van der Waals surface area contributed by atoms with Crippen LogP contribution in [0.1, 0.15) is 11.1 Å². The van der Waals surface area contributed by atoms with Crippen molar-refractivity contribution in [2.75, 3.05) is 5.32 Å². The van der Waals surface area contributed by atoms with Crippen LogP contribution in [0.4, 0.5) is 10.5 Å². The Kier molecular flexibility index (Phi) is 3.50. The van der Waals surface area contributed by atoms with Crippen molar-refractivity contribution in [1.29, 1.82) is 0 Å². The number of cyclic esters (lactones) is 1. The highest BCUT2D eigenvalue weighted by Gasteiger charge is 2.20. The van der Waals surface area contributed by atoms with Crippen molar-refractivity contribution < 1.29 is 22.1 Å². The number of nitrogens with one attached hydrogen (secondary N) is 1. The summed E-state index contributed by atoms with van der Waals surface area (Å²) in [5, 5.41) is 2.52. The van der Waals surface area contributed by atoms with Gasteiger partial charge in [0.1, 0.15) is 17.3 Å². The lowest BCUT2D eigenvalue weighted by molar-refractivity contribution is 0.151. The molecule has 114 valence electrons. The molecule has 2 aromatic rings. The van der Waals surface area contributed by atoms with E-state index in [0.717, 1.165) is 5.56 Å². The molecule has 0 fully saturated rings. The van der Waals surface area contributed by atoms with Crippen molar-refractivity contribution >= 4 is 21.9 Å². The van der Waals surface area contributed by atoms with E-state index in [4.69, 9.17) is 8.92 Å². The van der Waals surface area contributed by atoms with Gasteiger partial charge in [-0.3, -0.25) is 5.32 Å². The van der Waals surface area contributed by atoms with Crippen LogP contribution in [0.2, 0.25) is 0 Å². The Labute approximate surface area is 127 Å². The molecule has 0 atom stereocenters. The summed E-state index contributed by atoms with van der Waals surface area (Å²) in [6.07, 6.45) is -0.534. The fraction of sp³-hybridized carbons (Fsp3) is 0.133. The largest absolute Gasteiger partial charge is 0.444 e. The first-order chi connectivity index (χ1) is 10.4. The second-order valence-corrected chi connectivity index (χ2v) is 6.42. The molecule has 1 aliphatic rings. The minimum atomic E-state index is -3.90. The Morgan fingerprint density at radius 3 is 2.59 bits per heavy atom. The third-order valence-electron chi connectivity index (χ3n) is 3.19. The zero-order valence-corrected chi connectivity index (χ0v) is 12.5. The molecule has 0 aliphatic carbocycles. The maximum absolute atomic E-state index is 12.2. The minimum absolute atomic E-state index is 0.0724. The van der Waals surface area contributed by atoms with Crippen LogP contribution < -0.4 is 9.50 Å². The summed E-state index contributed by atoms with van der Waals surface area (Å²) < 4.78 is 34.4. The molecule has 0 unspecified atom stereocenters. The van der Waals surface area contributed by atoms with Gasteiger partial charge in [0.2, 0.25) is 0 Å². The molecule has 0 radical (unpaired) electrons. The summed E-state index contributed by atoms with van der Waals surface area (Å²) in [6.45, 7) is 1.94. The maximum atomic E-state index is 12.2. The fourth-order valence-electron chi connectivity index (χ4n) is 2.03. The molecule has 1 amide bonds. The molecular weight excluding hydrogens is 306 g/mol. The Bertz CT molecular complexity index is 828. The molecule has 1 aliphatic heterocycles. The van der Waals surface area contributed by atoms with Gasteiger partial charge >= 0.3 is 16.2 Å². The van der Waals surface area contributed by atoms with Crippen molar-refractivity contribution in [3.05, 3.63) is 53.6 Å². The molecule has 7 heteroatoms. The lowest BCUT2D eigenvalue weighted by Crippen LogP contribution is -2.20. The van der Waals surface area contributed by atoms with Crippen LogP contribution in [0.15, 0.2) is 47.4 Å². The molecule has 0 bridgehead atoms. The summed E-state index contributed by atoms with van der Waals surface area (Å²) in [4.78, 5) is 11.2. The van der Waals surface area contributed by atoms with Crippen LogP contribution in [0, 0.1) is 6.92 Å². The van der Waals surface area contributed by atoms with Crippen LogP contribution in [0.3, 0.4) is 0 Å². The number of hydrogen-bond acceptors (Lipinski definition) is 5. The summed E-state index contributed by atoms with van der Waals surface area (Å²) >= 11 is 0. The van der Waals surface area contributed by atoms with Gasteiger partial charge in [-0.1, -0.05) is 17.7 Å². The van der Waals surface area contributed by atoms with Gasteiger partial charge in [-0.15, -0.1) is 0 Å². The minimum Gasteiger partial charge on any atom is -0.444 e. The lowest BCUT2D eigenvalue weighted by Gasteiger charge is -2.18. The van der Waals surface area contributed by atoms with Crippen molar-refractivity contribution in [1.82, 2.24) is 0 Å². The average Bonchev–Trinajstić information content (AvgIpc) is 2.47. The number of carbonyl (C=O) groups is 1. The summed E-state index contributed by atoms with van der Waals surface area (Å²) in [5.41, 5.74) is 2.19. The van der Waals surface area contributed by atoms with Crippen molar-refractivity contribution in [2.45, 2.75) is 18.4 Å². The van der Waals surface area contributed by atoms with Gasteiger partial charge in [-0.25, -0.2) is 4.79 Å². The first-order valence-electron chi connectivity index (χ1n) is 6.52. The van der Waals surface area contributed by atoms with Crippen molar-refractivity contribution in [2.24, 2.45) is 0 Å². The van der Waals surface area contributed by atoms with E-state index < -0.39 is 16.2 Å². The molecule has 6 nitrogen and oxygen atoms in total. The highest BCUT2D eigenvalue weighted by atomic mass is 32.2. The number of amides is 1. The SMILES string of the molecule is Cc1ccc(S(=O)(=O)Oc2ccc3c(c2)COC(=O)N3)cc1.